The van der Waals surface area contributed by atoms with Crippen molar-refractivity contribution >= 4 is 17.8 Å². The van der Waals surface area contributed by atoms with Gasteiger partial charge in [-0.05, 0) is 30.4 Å². The third-order valence-corrected chi connectivity index (χ3v) is 8.69. The number of carbonyl (C=O) groups is 3. The highest BCUT2D eigenvalue weighted by atomic mass is 16.5. The average Bonchev–Trinajstić information content (AvgIpc) is 3.54. The van der Waals surface area contributed by atoms with E-state index in [2.05, 4.69) is 6.58 Å². The summed E-state index contributed by atoms with van der Waals surface area (Å²) in [6.45, 7) is 5.82. The zero-order valence-corrected chi connectivity index (χ0v) is 21.5. The van der Waals surface area contributed by atoms with Gasteiger partial charge < -0.3 is 24.7 Å². The van der Waals surface area contributed by atoms with E-state index in [0.29, 0.717) is 31.4 Å². The van der Waals surface area contributed by atoms with Gasteiger partial charge in [0.15, 0.2) is 0 Å². The van der Waals surface area contributed by atoms with Gasteiger partial charge in [0.05, 0.1) is 24.2 Å². The molecule has 3 fully saturated rings. The van der Waals surface area contributed by atoms with Gasteiger partial charge in [0, 0.05) is 13.1 Å². The first-order valence-electron chi connectivity index (χ1n) is 13.2. The number of likely N-dealkylation sites (tertiary alicyclic amines) is 1. The molecule has 2 bridgehead atoms. The summed E-state index contributed by atoms with van der Waals surface area (Å²) < 4.78 is 6.64. The van der Waals surface area contributed by atoms with Gasteiger partial charge in [-0.25, -0.2) is 0 Å². The Balaban J connectivity index is 1.64. The van der Waals surface area contributed by atoms with Crippen molar-refractivity contribution in [3.05, 3.63) is 84.4 Å². The normalized spacial score (nSPS) is 30.2. The van der Waals surface area contributed by atoms with Crippen molar-refractivity contribution in [3.8, 4) is 0 Å². The molecular weight excluding hydrogens is 484 g/mol. The Bertz CT molecular complexity index is 1220. The van der Waals surface area contributed by atoms with E-state index in [4.69, 9.17) is 4.74 Å². The topological polar surface area (TPSA) is 107 Å². The highest BCUT2D eigenvalue weighted by Gasteiger charge is 2.79. The largest absolute Gasteiger partial charge is 0.481 e. The number of nitrogens with zero attached hydrogens (tertiary/aromatic N) is 2. The molecule has 0 aliphatic carbocycles. The molecule has 38 heavy (non-hydrogen) atoms. The van der Waals surface area contributed by atoms with Crippen molar-refractivity contribution in [2.24, 2.45) is 11.8 Å². The number of carboxylic acids is 1. The highest BCUT2D eigenvalue weighted by molar-refractivity contribution is 5.98. The van der Waals surface area contributed by atoms with Crippen LogP contribution in [-0.4, -0.2) is 68.2 Å². The Morgan fingerprint density at radius 3 is 2.39 bits per heavy atom. The van der Waals surface area contributed by atoms with Crippen LogP contribution in [0.1, 0.15) is 43.4 Å². The number of fused-ring (bicyclic) bond motifs is 1. The molecular formula is C30H34N2O6. The van der Waals surface area contributed by atoms with Crippen molar-refractivity contribution in [2.45, 2.75) is 56.0 Å². The molecule has 3 saturated heterocycles. The molecule has 6 atom stereocenters. The minimum atomic E-state index is -1.29. The maximum Gasteiger partial charge on any atom is 0.310 e. The second-order valence-electron chi connectivity index (χ2n) is 10.5. The molecule has 8 heteroatoms. The Labute approximate surface area is 222 Å². The Kier molecular flexibility index (Phi) is 6.88. The number of aliphatic carboxylic acids is 1. The van der Waals surface area contributed by atoms with E-state index in [1.165, 1.54) is 4.90 Å². The summed E-state index contributed by atoms with van der Waals surface area (Å²) in [4.78, 5) is 44.4. The van der Waals surface area contributed by atoms with Gasteiger partial charge in [-0.15, -0.1) is 6.58 Å². The van der Waals surface area contributed by atoms with Crippen LogP contribution >= 0.6 is 0 Å². The third-order valence-electron chi connectivity index (χ3n) is 8.69. The fourth-order valence-electron chi connectivity index (χ4n) is 7.04. The molecule has 2 N–H and O–H groups in total. The van der Waals surface area contributed by atoms with Gasteiger partial charge in [0.1, 0.15) is 17.6 Å². The first-order chi connectivity index (χ1) is 18.3. The van der Waals surface area contributed by atoms with Crippen LogP contribution < -0.4 is 0 Å². The number of amides is 2. The molecule has 2 unspecified atom stereocenters. The molecule has 200 valence electrons. The van der Waals surface area contributed by atoms with Crippen molar-refractivity contribution in [3.63, 3.8) is 0 Å². The first-order valence-corrected chi connectivity index (χ1v) is 13.2. The van der Waals surface area contributed by atoms with E-state index >= 15 is 0 Å². The van der Waals surface area contributed by atoms with Gasteiger partial charge in [-0.1, -0.05) is 73.7 Å². The molecule has 2 aromatic carbocycles. The molecule has 0 saturated carbocycles. The number of benzene rings is 2. The van der Waals surface area contributed by atoms with Gasteiger partial charge >= 0.3 is 5.97 Å². The zero-order valence-electron chi connectivity index (χ0n) is 21.5. The van der Waals surface area contributed by atoms with E-state index in [0.717, 1.165) is 5.56 Å². The summed E-state index contributed by atoms with van der Waals surface area (Å²) in [5.41, 5.74) is -0.700. The number of aliphatic hydroxyl groups is 1. The minimum absolute atomic E-state index is 0.239. The highest BCUT2D eigenvalue weighted by Crippen LogP contribution is 2.65. The van der Waals surface area contributed by atoms with Crippen LogP contribution in [0.4, 0.5) is 0 Å². The molecule has 8 nitrogen and oxygen atoms in total. The zero-order chi connectivity index (χ0) is 27.1. The molecule has 2 aromatic rings. The second kappa shape index (κ2) is 10.0. The summed E-state index contributed by atoms with van der Waals surface area (Å²) in [6, 6.07) is 16.7. The van der Waals surface area contributed by atoms with E-state index in [9.17, 15) is 24.6 Å². The maximum atomic E-state index is 14.5. The fraction of sp³-hybridized carbons (Fsp3) is 0.433. The lowest BCUT2D eigenvalue weighted by molar-refractivity contribution is -0.160. The van der Waals surface area contributed by atoms with Crippen LogP contribution in [0, 0.1) is 11.8 Å². The number of rotatable bonds is 10. The quantitative estimate of drug-likeness (QED) is 0.468. The molecule has 0 aromatic heterocycles. The monoisotopic (exact) mass is 518 g/mol. The molecule has 3 aliphatic heterocycles. The van der Waals surface area contributed by atoms with Crippen molar-refractivity contribution < 1.29 is 29.3 Å². The van der Waals surface area contributed by atoms with Gasteiger partial charge in [0.25, 0.3) is 0 Å². The summed E-state index contributed by atoms with van der Waals surface area (Å²) in [5, 5.41) is 20.8. The second-order valence-corrected chi connectivity index (χ2v) is 10.5. The molecule has 0 radical (unpaired) electrons. The predicted molar refractivity (Wildman–Crippen MR) is 140 cm³/mol. The smallest absolute Gasteiger partial charge is 0.310 e. The molecule has 1 spiro atoms. The minimum Gasteiger partial charge on any atom is -0.481 e. The number of hydrogen-bond acceptors (Lipinski definition) is 5. The lowest BCUT2D eigenvalue weighted by atomic mass is 9.65. The summed E-state index contributed by atoms with van der Waals surface area (Å²) in [7, 11) is 0. The molecule has 3 heterocycles. The maximum absolute atomic E-state index is 14.5. The van der Waals surface area contributed by atoms with Crippen molar-refractivity contribution in [1.29, 1.82) is 0 Å². The van der Waals surface area contributed by atoms with Crippen LogP contribution in [-0.2, 0) is 25.7 Å². The Hall–Kier alpha value is -3.49. The molecule has 5 rings (SSSR count). The average molecular weight is 519 g/mol. The number of ether oxygens (including phenoxy) is 1. The molecule has 2 amide bonds. The number of hydrogen-bond donors (Lipinski definition) is 2. The summed E-state index contributed by atoms with van der Waals surface area (Å²) in [5.74, 6) is -3.95. The van der Waals surface area contributed by atoms with E-state index in [1.54, 1.807) is 23.1 Å². The lowest BCUT2D eigenvalue weighted by Crippen LogP contribution is -2.57. The Morgan fingerprint density at radius 2 is 1.82 bits per heavy atom. The standard InChI is InChI=1S/C30H34N2O6/c1-3-17-31(18-20-11-7-5-8-12-20)27(35)25-30-16-15-29(4-2,38-30)24(28(36)37)23(30)26(34)32(25)22(19-33)21-13-9-6-10-14-21/h3,5-14,22-25,33H,1,4,15-19H2,2H3,(H,36,37)/t22-,23+,24+,25?,29-,30?/m1/s1. The predicted octanol–water partition coefficient (Wildman–Crippen LogP) is 3.17. The Morgan fingerprint density at radius 1 is 1.16 bits per heavy atom. The van der Waals surface area contributed by atoms with E-state index in [-0.39, 0.29) is 12.5 Å². The van der Waals surface area contributed by atoms with E-state index in [1.807, 2.05) is 55.5 Å². The van der Waals surface area contributed by atoms with Crippen LogP contribution in [0.15, 0.2) is 73.3 Å². The van der Waals surface area contributed by atoms with Crippen LogP contribution in [0.2, 0.25) is 0 Å². The van der Waals surface area contributed by atoms with E-state index < -0.39 is 53.6 Å². The first kappa shape index (κ1) is 26.1. The van der Waals surface area contributed by atoms with Crippen molar-refractivity contribution in [1.82, 2.24) is 9.80 Å². The van der Waals surface area contributed by atoms with Crippen LogP contribution in [0.25, 0.3) is 0 Å². The summed E-state index contributed by atoms with van der Waals surface area (Å²) in [6.07, 6.45) is 2.92. The van der Waals surface area contributed by atoms with Crippen LogP contribution in [0.5, 0.6) is 0 Å². The molecule has 3 aliphatic rings. The third kappa shape index (κ3) is 3.85. The van der Waals surface area contributed by atoms with Crippen LogP contribution in [0.3, 0.4) is 0 Å². The number of carboxylic acid groups (broad SMARTS) is 1. The number of aliphatic hydroxyl groups excluding tert-OH is 1. The lowest BCUT2D eigenvalue weighted by Gasteiger charge is -2.39. The summed E-state index contributed by atoms with van der Waals surface area (Å²) >= 11 is 0. The fourth-order valence-corrected chi connectivity index (χ4v) is 7.04. The van der Waals surface area contributed by atoms with Gasteiger partial charge in [-0.3, -0.25) is 14.4 Å². The van der Waals surface area contributed by atoms with Gasteiger partial charge in [-0.2, -0.15) is 0 Å². The SMILES string of the molecule is C=CCN(Cc1ccccc1)C(=O)C1N([C@H](CO)c2ccccc2)C(=O)[C@@H]2[C@@H](C(=O)O)[C@@]3(CC)CCC12O3. The van der Waals surface area contributed by atoms with Crippen molar-refractivity contribution in [2.75, 3.05) is 13.2 Å². The number of carbonyl (C=O) groups excluding carboxylic acids is 2. The van der Waals surface area contributed by atoms with Gasteiger partial charge in [0.2, 0.25) is 11.8 Å².